The van der Waals surface area contributed by atoms with Crippen LogP contribution in [0.4, 0.5) is 5.69 Å². The third-order valence-corrected chi connectivity index (χ3v) is 4.01. The summed E-state index contributed by atoms with van der Waals surface area (Å²) in [7, 11) is 0. The molecule has 21 heavy (non-hydrogen) atoms. The van der Waals surface area contributed by atoms with Gasteiger partial charge in [0.15, 0.2) is 12.4 Å². The van der Waals surface area contributed by atoms with Crippen LogP contribution in [-0.2, 0) is 4.79 Å². The first-order chi connectivity index (χ1) is 10.1. The fourth-order valence-corrected chi connectivity index (χ4v) is 2.63. The Labute approximate surface area is 122 Å². The van der Waals surface area contributed by atoms with E-state index in [2.05, 4.69) is 5.32 Å². The zero-order valence-electron chi connectivity index (χ0n) is 11.7. The average molecular weight is 290 g/mol. The minimum absolute atomic E-state index is 0.119. The third-order valence-electron chi connectivity index (χ3n) is 4.01. The van der Waals surface area contributed by atoms with Gasteiger partial charge in [0.1, 0.15) is 0 Å². The first-order valence-electron chi connectivity index (χ1n) is 7.30. The summed E-state index contributed by atoms with van der Waals surface area (Å²) in [5, 5.41) is 13.9. The monoisotopic (exact) mass is 290 g/mol. The Morgan fingerprint density at radius 1 is 1.29 bits per heavy atom. The van der Waals surface area contributed by atoms with E-state index in [4.69, 9.17) is 4.74 Å². The lowest BCUT2D eigenvalue weighted by molar-refractivity contribution is -0.385. The molecule has 2 saturated carbocycles. The van der Waals surface area contributed by atoms with Gasteiger partial charge in [-0.15, -0.1) is 0 Å². The van der Waals surface area contributed by atoms with E-state index in [0.717, 1.165) is 0 Å². The number of rotatable bonds is 7. The van der Waals surface area contributed by atoms with Crippen LogP contribution >= 0.6 is 0 Å². The quantitative estimate of drug-likeness (QED) is 0.617. The summed E-state index contributed by atoms with van der Waals surface area (Å²) >= 11 is 0. The molecule has 0 aliphatic heterocycles. The van der Waals surface area contributed by atoms with Crippen molar-refractivity contribution >= 4 is 11.6 Å². The first-order valence-corrected chi connectivity index (χ1v) is 7.30. The Hall–Kier alpha value is -2.11. The van der Waals surface area contributed by atoms with Gasteiger partial charge >= 0.3 is 5.69 Å². The number of benzene rings is 1. The topological polar surface area (TPSA) is 81.5 Å². The largest absolute Gasteiger partial charge is 0.477 e. The number of amides is 1. The second kappa shape index (κ2) is 5.71. The van der Waals surface area contributed by atoms with Gasteiger partial charge in [-0.3, -0.25) is 14.9 Å². The number of hydrogen-bond acceptors (Lipinski definition) is 4. The lowest BCUT2D eigenvalue weighted by atomic mass is 10.1. The van der Waals surface area contributed by atoms with E-state index in [1.165, 1.54) is 37.8 Å². The summed E-state index contributed by atoms with van der Waals surface area (Å²) in [4.78, 5) is 22.3. The standard InChI is InChI=1S/C15H18N2O4/c18-14(16-15(10-5-6-10)11-7-8-11)9-21-13-4-2-1-3-12(13)17(19)20/h1-4,10-11,15H,5-9H2,(H,16,18). The summed E-state index contributed by atoms with van der Waals surface area (Å²) in [6.07, 6.45) is 4.75. The zero-order valence-corrected chi connectivity index (χ0v) is 11.7. The number of ether oxygens (including phenoxy) is 1. The van der Waals surface area contributed by atoms with E-state index in [1.54, 1.807) is 12.1 Å². The second-order valence-electron chi connectivity index (χ2n) is 5.78. The highest BCUT2D eigenvalue weighted by Gasteiger charge is 2.42. The molecule has 0 aromatic heterocycles. The van der Waals surface area contributed by atoms with Crippen LogP contribution in [0.1, 0.15) is 25.7 Å². The number of carbonyl (C=O) groups is 1. The van der Waals surface area contributed by atoms with Crippen molar-refractivity contribution in [3.05, 3.63) is 34.4 Å². The SMILES string of the molecule is O=C(COc1ccccc1[N+](=O)[O-])NC(C1CC1)C1CC1. The summed E-state index contributed by atoms with van der Waals surface area (Å²) in [5.41, 5.74) is -0.119. The lowest BCUT2D eigenvalue weighted by Gasteiger charge is -2.17. The summed E-state index contributed by atoms with van der Waals surface area (Å²) in [6.45, 7) is -0.180. The number of carbonyl (C=O) groups excluding carboxylic acids is 1. The molecular weight excluding hydrogens is 272 g/mol. The average Bonchev–Trinajstić information content (AvgIpc) is 3.36. The Balaban J connectivity index is 1.54. The minimum atomic E-state index is -0.509. The molecule has 2 aliphatic carbocycles. The van der Waals surface area contributed by atoms with Crippen molar-refractivity contribution in [1.29, 1.82) is 0 Å². The van der Waals surface area contributed by atoms with Crippen LogP contribution in [0, 0.1) is 22.0 Å². The van der Waals surface area contributed by atoms with E-state index < -0.39 is 4.92 Å². The Morgan fingerprint density at radius 2 is 1.90 bits per heavy atom. The van der Waals surface area contributed by atoms with Crippen LogP contribution in [0.25, 0.3) is 0 Å². The molecule has 1 N–H and O–H groups in total. The van der Waals surface area contributed by atoms with Crippen molar-refractivity contribution in [2.75, 3.05) is 6.61 Å². The van der Waals surface area contributed by atoms with Gasteiger partial charge in [-0.1, -0.05) is 12.1 Å². The maximum Gasteiger partial charge on any atom is 0.310 e. The van der Waals surface area contributed by atoms with E-state index in [1.807, 2.05) is 0 Å². The predicted molar refractivity (Wildman–Crippen MR) is 76.0 cm³/mol. The molecule has 2 aliphatic rings. The zero-order chi connectivity index (χ0) is 14.8. The molecular formula is C15H18N2O4. The lowest BCUT2D eigenvalue weighted by Crippen LogP contribution is -2.40. The van der Waals surface area contributed by atoms with Gasteiger partial charge in [0, 0.05) is 12.1 Å². The highest BCUT2D eigenvalue weighted by molar-refractivity contribution is 5.78. The van der Waals surface area contributed by atoms with E-state index in [0.29, 0.717) is 11.8 Å². The molecule has 0 spiro atoms. The van der Waals surface area contributed by atoms with Crippen molar-refractivity contribution in [3.63, 3.8) is 0 Å². The van der Waals surface area contributed by atoms with Crippen molar-refractivity contribution in [2.24, 2.45) is 11.8 Å². The van der Waals surface area contributed by atoms with Gasteiger partial charge in [0.2, 0.25) is 0 Å². The van der Waals surface area contributed by atoms with Gasteiger partial charge in [-0.2, -0.15) is 0 Å². The van der Waals surface area contributed by atoms with Gasteiger partial charge < -0.3 is 10.1 Å². The van der Waals surface area contributed by atoms with Crippen LogP contribution in [0.5, 0.6) is 5.75 Å². The molecule has 1 amide bonds. The molecule has 0 atom stereocenters. The summed E-state index contributed by atoms with van der Waals surface area (Å²) in [5.74, 6) is 1.17. The molecule has 0 bridgehead atoms. The van der Waals surface area contributed by atoms with Gasteiger partial charge in [0.25, 0.3) is 5.91 Å². The Kier molecular flexibility index (Phi) is 3.77. The number of hydrogen-bond donors (Lipinski definition) is 1. The van der Waals surface area contributed by atoms with Crippen molar-refractivity contribution in [3.8, 4) is 5.75 Å². The molecule has 0 saturated heterocycles. The molecule has 112 valence electrons. The highest BCUT2D eigenvalue weighted by Crippen LogP contribution is 2.44. The van der Waals surface area contributed by atoms with Gasteiger partial charge in [-0.25, -0.2) is 0 Å². The maximum absolute atomic E-state index is 12.0. The van der Waals surface area contributed by atoms with Crippen LogP contribution in [0.2, 0.25) is 0 Å². The summed E-state index contributed by atoms with van der Waals surface area (Å²) < 4.78 is 5.31. The molecule has 6 nitrogen and oxygen atoms in total. The number of nitrogens with zero attached hydrogens (tertiary/aromatic N) is 1. The van der Waals surface area contributed by atoms with Crippen molar-refractivity contribution in [1.82, 2.24) is 5.32 Å². The number of para-hydroxylation sites is 2. The second-order valence-corrected chi connectivity index (χ2v) is 5.78. The normalized spacial score (nSPS) is 17.6. The van der Waals surface area contributed by atoms with Crippen molar-refractivity contribution in [2.45, 2.75) is 31.7 Å². The first kappa shape index (κ1) is 13.9. The molecule has 0 radical (unpaired) electrons. The molecule has 0 heterocycles. The molecule has 1 aromatic carbocycles. The number of nitro groups is 1. The minimum Gasteiger partial charge on any atom is -0.477 e. The fraction of sp³-hybridized carbons (Fsp3) is 0.533. The smallest absolute Gasteiger partial charge is 0.310 e. The van der Waals surface area contributed by atoms with Crippen LogP contribution in [0.3, 0.4) is 0 Å². The molecule has 6 heteroatoms. The number of nitrogens with one attached hydrogen (secondary N) is 1. The highest BCUT2D eigenvalue weighted by atomic mass is 16.6. The Morgan fingerprint density at radius 3 is 2.48 bits per heavy atom. The van der Waals surface area contributed by atoms with Gasteiger partial charge in [0.05, 0.1) is 4.92 Å². The summed E-state index contributed by atoms with van der Waals surface area (Å²) in [6, 6.07) is 6.36. The maximum atomic E-state index is 12.0. The molecule has 2 fully saturated rings. The van der Waals surface area contributed by atoms with Crippen LogP contribution in [-0.4, -0.2) is 23.5 Å². The van der Waals surface area contributed by atoms with E-state index >= 15 is 0 Å². The van der Waals surface area contributed by atoms with E-state index in [9.17, 15) is 14.9 Å². The molecule has 1 aromatic rings. The van der Waals surface area contributed by atoms with E-state index in [-0.39, 0.29) is 30.0 Å². The third kappa shape index (κ3) is 3.51. The fourth-order valence-electron chi connectivity index (χ4n) is 2.63. The molecule has 0 unspecified atom stereocenters. The van der Waals surface area contributed by atoms with Crippen LogP contribution in [0.15, 0.2) is 24.3 Å². The van der Waals surface area contributed by atoms with Crippen molar-refractivity contribution < 1.29 is 14.5 Å². The number of nitro benzene ring substituents is 1. The van der Waals surface area contributed by atoms with Crippen LogP contribution < -0.4 is 10.1 Å². The predicted octanol–water partition coefficient (Wildman–Crippen LogP) is 2.28. The Bertz CT molecular complexity index is 540. The van der Waals surface area contributed by atoms with Gasteiger partial charge in [-0.05, 0) is 43.6 Å². The molecule has 3 rings (SSSR count).